The molecule has 0 saturated heterocycles. The number of anilines is 1. The fraction of sp³-hybridized carbons (Fsp3) is 0.182. The van der Waals surface area contributed by atoms with Crippen molar-refractivity contribution >= 4 is 17.6 Å². The lowest BCUT2D eigenvalue weighted by molar-refractivity contribution is -0.148. The monoisotopic (exact) mass is 279 g/mol. The number of hydrogen-bond acceptors (Lipinski definition) is 6. The Kier molecular flexibility index (Phi) is 4.32. The molecule has 1 amide bonds. The molecule has 0 saturated carbocycles. The van der Waals surface area contributed by atoms with Gasteiger partial charge in [0.25, 0.3) is 5.91 Å². The second-order valence-corrected chi connectivity index (χ2v) is 3.72. The van der Waals surface area contributed by atoms with Crippen molar-refractivity contribution < 1.29 is 18.7 Å². The first kappa shape index (κ1) is 13.6. The smallest absolute Gasteiger partial charge is 0.328 e. The van der Waals surface area contributed by atoms with Crippen LogP contribution < -0.4 is 5.32 Å². The molecule has 0 radical (unpaired) electrons. The van der Waals surface area contributed by atoms with Crippen LogP contribution in [0.1, 0.15) is 0 Å². The number of rotatable bonds is 5. The normalized spacial score (nSPS) is 10.1. The van der Waals surface area contributed by atoms with Gasteiger partial charge in [0.15, 0.2) is 6.61 Å². The molecule has 0 fully saturated rings. The summed E-state index contributed by atoms with van der Waals surface area (Å²) in [7, 11) is 0. The fourth-order valence-corrected chi connectivity index (χ4v) is 1.31. The van der Waals surface area contributed by atoms with Crippen LogP contribution in [0.15, 0.2) is 30.6 Å². The lowest BCUT2D eigenvalue weighted by Crippen LogP contribution is -2.23. The highest BCUT2D eigenvalue weighted by atomic mass is 19.1. The molecule has 0 aliphatic carbocycles. The number of benzene rings is 1. The zero-order valence-electron chi connectivity index (χ0n) is 10.2. The molecular formula is C11H10FN5O3. The molecule has 0 atom stereocenters. The van der Waals surface area contributed by atoms with Crippen LogP contribution >= 0.6 is 0 Å². The summed E-state index contributed by atoms with van der Waals surface area (Å²) in [5.41, 5.74) is 0.410. The number of esters is 1. The molecule has 0 aliphatic rings. The number of carbonyl (C=O) groups excluding carboxylic acids is 2. The Morgan fingerprint density at radius 1 is 1.30 bits per heavy atom. The Hall–Kier alpha value is -2.84. The van der Waals surface area contributed by atoms with E-state index in [4.69, 9.17) is 4.74 Å². The molecule has 0 aliphatic heterocycles. The third-order valence-electron chi connectivity index (χ3n) is 2.17. The fourth-order valence-electron chi connectivity index (χ4n) is 1.31. The summed E-state index contributed by atoms with van der Waals surface area (Å²) in [6, 6.07) is 5.21. The summed E-state index contributed by atoms with van der Waals surface area (Å²) >= 11 is 0. The lowest BCUT2D eigenvalue weighted by Gasteiger charge is -2.06. The molecular weight excluding hydrogens is 269 g/mol. The largest absolute Gasteiger partial charge is 0.454 e. The number of halogens is 1. The second kappa shape index (κ2) is 6.36. The zero-order valence-corrected chi connectivity index (χ0v) is 10.2. The molecule has 0 spiro atoms. The molecule has 1 N–H and O–H groups in total. The van der Waals surface area contributed by atoms with Crippen LogP contribution in [0.3, 0.4) is 0 Å². The summed E-state index contributed by atoms with van der Waals surface area (Å²) in [6.07, 6.45) is 1.25. The van der Waals surface area contributed by atoms with Crippen molar-refractivity contribution in [2.45, 2.75) is 6.54 Å². The number of hydrogen-bond donors (Lipinski definition) is 1. The summed E-state index contributed by atoms with van der Waals surface area (Å²) in [4.78, 5) is 22.8. The zero-order chi connectivity index (χ0) is 14.4. The summed E-state index contributed by atoms with van der Waals surface area (Å²) in [5.74, 6) is -1.58. The third kappa shape index (κ3) is 4.12. The average Bonchev–Trinajstić information content (AvgIpc) is 2.92. The molecule has 0 bridgehead atoms. The van der Waals surface area contributed by atoms with Crippen molar-refractivity contribution in [3.05, 3.63) is 36.4 Å². The Balaban J connectivity index is 1.74. The average molecular weight is 279 g/mol. The number of tetrazole rings is 1. The van der Waals surface area contributed by atoms with Gasteiger partial charge in [-0.2, -0.15) is 0 Å². The first-order chi connectivity index (χ1) is 9.63. The van der Waals surface area contributed by atoms with Crippen molar-refractivity contribution in [2.75, 3.05) is 11.9 Å². The maximum Gasteiger partial charge on any atom is 0.328 e. The van der Waals surface area contributed by atoms with Crippen LogP contribution in [0.4, 0.5) is 10.1 Å². The SMILES string of the molecule is O=C(COC(=O)Cn1cnnn1)Nc1ccc(F)cc1. The van der Waals surface area contributed by atoms with E-state index < -0.39 is 24.3 Å². The molecule has 1 aromatic heterocycles. The molecule has 0 unspecified atom stereocenters. The van der Waals surface area contributed by atoms with E-state index in [9.17, 15) is 14.0 Å². The first-order valence-corrected chi connectivity index (χ1v) is 5.55. The van der Waals surface area contributed by atoms with Crippen molar-refractivity contribution in [1.29, 1.82) is 0 Å². The van der Waals surface area contributed by atoms with Gasteiger partial charge < -0.3 is 10.1 Å². The van der Waals surface area contributed by atoms with E-state index in [2.05, 4.69) is 20.8 Å². The summed E-state index contributed by atoms with van der Waals surface area (Å²) in [6.45, 7) is -0.630. The number of amides is 1. The van der Waals surface area contributed by atoms with E-state index in [1.165, 1.54) is 35.3 Å². The van der Waals surface area contributed by atoms with Crippen molar-refractivity contribution in [3.8, 4) is 0 Å². The summed E-state index contributed by atoms with van der Waals surface area (Å²) < 4.78 is 18.6. The van der Waals surface area contributed by atoms with E-state index in [-0.39, 0.29) is 6.54 Å². The van der Waals surface area contributed by atoms with Gasteiger partial charge in [-0.15, -0.1) is 5.10 Å². The molecule has 2 rings (SSSR count). The third-order valence-corrected chi connectivity index (χ3v) is 2.17. The minimum atomic E-state index is -0.647. The Bertz CT molecular complexity index is 585. The number of ether oxygens (including phenoxy) is 1. The number of carbonyl (C=O) groups is 2. The van der Waals surface area contributed by atoms with Gasteiger partial charge in [0.2, 0.25) is 0 Å². The maximum absolute atomic E-state index is 12.7. The van der Waals surface area contributed by atoms with Gasteiger partial charge in [0.1, 0.15) is 18.7 Å². The predicted molar refractivity (Wildman–Crippen MR) is 63.8 cm³/mol. The molecule has 104 valence electrons. The quantitative estimate of drug-likeness (QED) is 0.773. The van der Waals surface area contributed by atoms with Gasteiger partial charge in [-0.1, -0.05) is 0 Å². The van der Waals surface area contributed by atoms with E-state index in [0.29, 0.717) is 5.69 Å². The number of aromatic nitrogens is 4. The van der Waals surface area contributed by atoms with Gasteiger partial charge in [0, 0.05) is 5.69 Å². The minimum absolute atomic E-state index is 0.184. The van der Waals surface area contributed by atoms with Crippen LogP contribution in [0, 0.1) is 5.82 Å². The number of nitrogens with one attached hydrogen (secondary N) is 1. The van der Waals surface area contributed by atoms with Crippen LogP contribution in [0.2, 0.25) is 0 Å². The Morgan fingerprint density at radius 2 is 2.05 bits per heavy atom. The van der Waals surface area contributed by atoms with Crippen molar-refractivity contribution in [2.24, 2.45) is 0 Å². The van der Waals surface area contributed by atoms with Crippen LogP contribution in [-0.2, 0) is 20.9 Å². The highest BCUT2D eigenvalue weighted by molar-refractivity contribution is 5.92. The molecule has 1 heterocycles. The minimum Gasteiger partial charge on any atom is -0.454 e. The van der Waals surface area contributed by atoms with Gasteiger partial charge >= 0.3 is 5.97 Å². The van der Waals surface area contributed by atoms with Crippen LogP contribution in [0.25, 0.3) is 0 Å². The van der Waals surface area contributed by atoms with Gasteiger partial charge in [-0.3, -0.25) is 9.59 Å². The van der Waals surface area contributed by atoms with E-state index in [1.54, 1.807) is 0 Å². The van der Waals surface area contributed by atoms with Gasteiger partial charge in [-0.25, -0.2) is 9.07 Å². The Labute approximate surface area is 112 Å². The molecule has 1 aromatic carbocycles. The summed E-state index contributed by atoms with van der Waals surface area (Å²) in [5, 5.41) is 12.6. The van der Waals surface area contributed by atoms with Gasteiger partial charge in [0.05, 0.1) is 0 Å². The van der Waals surface area contributed by atoms with Crippen molar-refractivity contribution in [1.82, 2.24) is 20.2 Å². The van der Waals surface area contributed by atoms with Gasteiger partial charge in [-0.05, 0) is 34.7 Å². The second-order valence-electron chi connectivity index (χ2n) is 3.72. The van der Waals surface area contributed by atoms with E-state index in [0.717, 1.165) is 0 Å². The first-order valence-electron chi connectivity index (χ1n) is 5.55. The van der Waals surface area contributed by atoms with Crippen molar-refractivity contribution in [3.63, 3.8) is 0 Å². The highest BCUT2D eigenvalue weighted by Crippen LogP contribution is 2.07. The van der Waals surface area contributed by atoms with E-state index in [1.807, 2.05) is 0 Å². The van der Waals surface area contributed by atoms with Crippen LogP contribution in [-0.4, -0.2) is 38.7 Å². The maximum atomic E-state index is 12.7. The number of nitrogens with zero attached hydrogens (tertiary/aromatic N) is 4. The topological polar surface area (TPSA) is 99.0 Å². The van der Waals surface area contributed by atoms with E-state index >= 15 is 0 Å². The van der Waals surface area contributed by atoms with Crippen LogP contribution in [0.5, 0.6) is 0 Å². The Morgan fingerprint density at radius 3 is 2.70 bits per heavy atom. The molecule has 2 aromatic rings. The lowest BCUT2D eigenvalue weighted by atomic mass is 10.3. The molecule has 9 heteroatoms. The highest BCUT2D eigenvalue weighted by Gasteiger charge is 2.09. The predicted octanol–water partition coefficient (Wildman–Crippen LogP) is -0.00590. The molecule has 20 heavy (non-hydrogen) atoms. The standard InChI is InChI=1S/C11H10FN5O3/c12-8-1-3-9(4-2-8)14-10(18)6-20-11(19)5-17-7-13-15-16-17/h1-4,7H,5-6H2,(H,14,18). The molecule has 8 nitrogen and oxygen atoms in total.